The highest BCUT2D eigenvalue weighted by atomic mass is 35.5. The lowest BCUT2D eigenvalue weighted by Gasteiger charge is -2.19. The first kappa shape index (κ1) is 13.5. The molecule has 0 spiro atoms. The molecule has 1 aliphatic heterocycles. The molecule has 18 heavy (non-hydrogen) atoms. The number of hydrogen-bond acceptors (Lipinski definition) is 3. The summed E-state index contributed by atoms with van der Waals surface area (Å²) in [6.45, 7) is 4.54. The number of benzene rings is 1. The van der Waals surface area contributed by atoms with Gasteiger partial charge in [-0.3, -0.25) is 9.69 Å². The topological polar surface area (TPSA) is 23.6 Å². The molecule has 4 heteroatoms. The first-order chi connectivity index (χ1) is 8.66. The fourth-order valence-corrected chi connectivity index (χ4v) is 2.47. The van der Waals surface area contributed by atoms with Crippen LogP contribution in [0.4, 0.5) is 0 Å². The average molecular weight is 267 g/mol. The van der Waals surface area contributed by atoms with E-state index in [9.17, 15) is 4.79 Å². The maximum absolute atomic E-state index is 12.2. The minimum Gasteiger partial charge on any atom is -0.305 e. The molecule has 2 rings (SSSR count). The van der Waals surface area contributed by atoms with Crippen molar-refractivity contribution in [3.05, 3.63) is 34.9 Å². The van der Waals surface area contributed by atoms with Gasteiger partial charge in [0.2, 0.25) is 0 Å². The summed E-state index contributed by atoms with van der Waals surface area (Å²) >= 11 is 6.04. The highest BCUT2D eigenvalue weighted by molar-refractivity contribution is 6.34. The second-order valence-corrected chi connectivity index (χ2v) is 5.24. The van der Waals surface area contributed by atoms with Crippen molar-refractivity contribution < 1.29 is 4.79 Å². The molecule has 98 valence electrons. The quantitative estimate of drug-likeness (QED) is 0.784. The molecule has 1 fully saturated rings. The molecular weight excluding hydrogens is 248 g/mol. The van der Waals surface area contributed by atoms with Crippen LogP contribution in [0.3, 0.4) is 0 Å². The summed E-state index contributed by atoms with van der Waals surface area (Å²) in [6.07, 6.45) is 1.12. The third-order valence-electron chi connectivity index (χ3n) is 3.35. The van der Waals surface area contributed by atoms with E-state index in [0.29, 0.717) is 17.1 Å². The molecule has 0 atom stereocenters. The van der Waals surface area contributed by atoms with Crippen LogP contribution in [0.1, 0.15) is 16.8 Å². The Hall–Kier alpha value is -0.900. The van der Waals surface area contributed by atoms with Gasteiger partial charge in [0.05, 0.1) is 11.6 Å². The van der Waals surface area contributed by atoms with Crippen molar-refractivity contribution in [3.8, 4) is 0 Å². The minimum atomic E-state index is 0.116. The summed E-state index contributed by atoms with van der Waals surface area (Å²) in [6, 6.07) is 7.27. The standard InChI is InChI=1S/C14H19ClN2O/c1-16-7-4-8-17(10-9-16)11-14(18)12-5-2-3-6-13(12)15/h2-3,5-6H,4,7-11H2,1H3. The van der Waals surface area contributed by atoms with Gasteiger partial charge in [0, 0.05) is 18.7 Å². The number of likely N-dealkylation sites (N-methyl/N-ethyl adjacent to an activating group) is 1. The molecule has 1 aliphatic rings. The summed E-state index contributed by atoms with van der Waals surface area (Å²) < 4.78 is 0. The van der Waals surface area contributed by atoms with Gasteiger partial charge in [-0.05, 0) is 38.7 Å². The van der Waals surface area contributed by atoms with Gasteiger partial charge in [-0.25, -0.2) is 0 Å². The lowest BCUT2D eigenvalue weighted by molar-refractivity contribution is 0.0933. The first-order valence-corrected chi connectivity index (χ1v) is 6.73. The lowest BCUT2D eigenvalue weighted by atomic mass is 10.1. The zero-order valence-electron chi connectivity index (χ0n) is 10.7. The van der Waals surface area contributed by atoms with Gasteiger partial charge in [0.15, 0.2) is 5.78 Å². The normalized spacial score (nSPS) is 18.6. The summed E-state index contributed by atoms with van der Waals surface area (Å²) in [5.74, 6) is 0.116. The maximum atomic E-state index is 12.2. The first-order valence-electron chi connectivity index (χ1n) is 6.35. The molecule has 0 amide bonds. The van der Waals surface area contributed by atoms with Crippen molar-refractivity contribution in [2.45, 2.75) is 6.42 Å². The predicted octanol–water partition coefficient (Wildman–Crippen LogP) is 2.16. The fourth-order valence-electron chi connectivity index (χ4n) is 2.23. The van der Waals surface area contributed by atoms with E-state index in [-0.39, 0.29) is 5.78 Å². The number of halogens is 1. The van der Waals surface area contributed by atoms with Gasteiger partial charge < -0.3 is 4.90 Å². The van der Waals surface area contributed by atoms with Crippen molar-refractivity contribution in [2.24, 2.45) is 0 Å². The molecule has 0 aromatic heterocycles. The predicted molar refractivity (Wildman–Crippen MR) is 74.3 cm³/mol. The van der Waals surface area contributed by atoms with Crippen LogP contribution in [-0.2, 0) is 0 Å². The monoisotopic (exact) mass is 266 g/mol. The minimum absolute atomic E-state index is 0.116. The van der Waals surface area contributed by atoms with E-state index in [4.69, 9.17) is 11.6 Å². The number of rotatable bonds is 3. The van der Waals surface area contributed by atoms with Crippen LogP contribution in [0, 0.1) is 0 Å². The molecule has 1 heterocycles. The number of carbonyl (C=O) groups excluding carboxylic acids is 1. The fraction of sp³-hybridized carbons (Fsp3) is 0.500. The largest absolute Gasteiger partial charge is 0.305 e. The molecule has 0 N–H and O–H groups in total. The second kappa shape index (κ2) is 6.32. The van der Waals surface area contributed by atoms with E-state index in [0.717, 1.165) is 32.6 Å². The van der Waals surface area contributed by atoms with Gasteiger partial charge in [-0.1, -0.05) is 23.7 Å². The van der Waals surface area contributed by atoms with Gasteiger partial charge in [0.25, 0.3) is 0 Å². The van der Waals surface area contributed by atoms with Crippen molar-refractivity contribution in [3.63, 3.8) is 0 Å². The van der Waals surface area contributed by atoms with Gasteiger partial charge in [-0.2, -0.15) is 0 Å². The Bertz CT molecular complexity index is 422. The third kappa shape index (κ3) is 3.55. The van der Waals surface area contributed by atoms with Gasteiger partial charge in [0.1, 0.15) is 0 Å². The Labute approximate surface area is 113 Å². The van der Waals surface area contributed by atoms with Gasteiger partial charge in [-0.15, -0.1) is 0 Å². The smallest absolute Gasteiger partial charge is 0.178 e. The van der Waals surface area contributed by atoms with Crippen LogP contribution in [0.25, 0.3) is 0 Å². The van der Waals surface area contributed by atoms with E-state index in [1.165, 1.54) is 0 Å². The van der Waals surface area contributed by atoms with E-state index in [2.05, 4.69) is 16.8 Å². The number of carbonyl (C=O) groups is 1. The Morgan fingerprint density at radius 3 is 2.78 bits per heavy atom. The average Bonchev–Trinajstić information content (AvgIpc) is 2.55. The Kier molecular flexibility index (Phi) is 4.75. The summed E-state index contributed by atoms with van der Waals surface area (Å²) in [5, 5.41) is 0.550. The van der Waals surface area contributed by atoms with Crippen molar-refractivity contribution >= 4 is 17.4 Å². The molecule has 1 aromatic carbocycles. The van der Waals surface area contributed by atoms with Crippen LogP contribution >= 0.6 is 11.6 Å². The summed E-state index contributed by atoms with van der Waals surface area (Å²) in [5.41, 5.74) is 0.636. The third-order valence-corrected chi connectivity index (χ3v) is 3.68. The molecule has 3 nitrogen and oxygen atoms in total. The molecule has 0 radical (unpaired) electrons. The Balaban J connectivity index is 1.97. The Morgan fingerprint density at radius 2 is 2.00 bits per heavy atom. The maximum Gasteiger partial charge on any atom is 0.178 e. The van der Waals surface area contributed by atoms with Crippen molar-refractivity contribution in [1.29, 1.82) is 0 Å². The second-order valence-electron chi connectivity index (χ2n) is 4.84. The molecular formula is C14H19ClN2O. The van der Waals surface area contributed by atoms with Crippen LogP contribution in [0.15, 0.2) is 24.3 Å². The number of nitrogens with zero attached hydrogens (tertiary/aromatic N) is 2. The zero-order chi connectivity index (χ0) is 13.0. The molecule has 1 saturated heterocycles. The van der Waals surface area contributed by atoms with Gasteiger partial charge >= 0.3 is 0 Å². The molecule has 0 aliphatic carbocycles. The SMILES string of the molecule is CN1CCCN(CC(=O)c2ccccc2Cl)CC1. The van der Waals surface area contributed by atoms with E-state index >= 15 is 0 Å². The summed E-state index contributed by atoms with van der Waals surface area (Å²) in [4.78, 5) is 16.7. The van der Waals surface area contributed by atoms with Crippen LogP contribution in [0.2, 0.25) is 5.02 Å². The molecule has 1 aromatic rings. The zero-order valence-corrected chi connectivity index (χ0v) is 11.5. The van der Waals surface area contributed by atoms with Crippen LogP contribution in [-0.4, -0.2) is 55.4 Å². The van der Waals surface area contributed by atoms with E-state index in [1.807, 2.05) is 12.1 Å². The van der Waals surface area contributed by atoms with E-state index < -0.39 is 0 Å². The molecule has 0 unspecified atom stereocenters. The molecule has 0 bridgehead atoms. The van der Waals surface area contributed by atoms with Crippen LogP contribution < -0.4 is 0 Å². The summed E-state index contributed by atoms with van der Waals surface area (Å²) in [7, 11) is 2.12. The number of hydrogen-bond donors (Lipinski definition) is 0. The highest BCUT2D eigenvalue weighted by Crippen LogP contribution is 2.16. The lowest BCUT2D eigenvalue weighted by Crippen LogP contribution is -2.33. The molecule has 0 saturated carbocycles. The van der Waals surface area contributed by atoms with Crippen molar-refractivity contribution in [1.82, 2.24) is 9.80 Å². The highest BCUT2D eigenvalue weighted by Gasteiger charge is 2.17. The van der Waals surface area contributed by atoms with Crippen molar-refractivity contribution in [2.75, 3.05) is 39.8 Å². The Morgan fingerprint density at radius 1 is 1.22 bits per heavy atom. The number of ketones is 1. The number of Topliss-reactive ketones (excluding diaryl/α,β-unsaturated/α-hetero) is 1. The van der Waals surface area contributed by atoms with Crippen LogP contribution in [0.5, 0.6) is 0 Å². The van der Waals surface area contributed by atoms with E-state index in [1.54, 1.807) is 12.1 Å².